The Labute approximate surface area is 131 Å². The molecule has 0 aliphatic rings. The van der Waals surface area contributed by atoms with Crippen molar-refractivity contribution in [1.29, 1.82) is 0 Å². The summed E-state index contributed by atoms with van der Waals surface area (Å²) in [7, 11) is -18.1. The maximum atomic E-state index is 10.7. The third kappa shape index (κ3) is 3.52. The SMILES string of the molecule is O=P(O)(O)C(NO)(P(=O)(O)O)P(=O)(O)O.[KH]. The van der Waals surface area contributed by atoms with Crippen molar-refractivity contribution in [2.75, 3.05) is 0 Å². The number of rotatable bonds is 4. The van der Waals surface area contributed by atoms with Crippen LogP contribution in [0.15, 0.2) is 0 Å². The van der Waals surface area contributed by atoms with Gasteiger partial charge in [0.05, 0.1) is 0 Å². The predicted octanol–water partition coefficient (Wildman–Crippen LogP) is -2.54. The molecule has 0 unspecified atom stereocenters. The molecule has 0 bridgehead atoms. The molecule has 15 heteroatoms. The van der Waals surface area contributed by atoms with Gasteiger partial charge < -0.3 is 34.6 Å². The summed E-state index contributed by atoms with van der Waals surface area (Å²) >= 11 is 0. The second-order valence-corrected chi connectivity index (χ2v) is 8.71. The molecular weight excluding hydrogens is 318 g/mol. The first-order valence-electron chi connectivity index (χ1n) is 2.89. The van der Waals surface area contributed by atoms with Gasteiger partial charge in [0.2, 0.25) is 0 Å². The van der Waals surface area contributed by atoms with E-state index in [0.717, 1.165) is 0 Å². The van der Waals surface area contributed by atoms with Gasteiger partial charge in [-0.15, -0.1) is 0 Å². The summed E-state index contributed by atoms with van der Waals surface area (Å²) in [5.74, 6) is 0. The van der Waals surface area contributed by atoms with Crippen molar-refractivity contribution < 1.29 is 48.3 Å². The molecule has 0 spiro atoms. The summed E-state index contributed by atoms with van der Waals surface area (Å²) in [5, 5.41) is 8.26. The minimum atomic E-state index is -6.04. The predicted molar refractivity (Wildman–Crippen MR) is 50.9 cm³/mol. The molecule has 94 valence electrons. The van der Waals surface area contributed by atoms with Crippen LogP contribution in [-0.2, 0) is 13.7 Å². The Morgan fingerprint density at radius 2 is 0.938 bits per heavy atom. The molecule has 0 rings (SSSR count). The third-order valence-electron chi connectivity index (χ3n) is 1.37. The molecule has 0 saturated heterocycles. The molecule has 0 aromatic heterocycles. The van der Waals surface area contributed by atoms with E-state index in [9.17, 15) is 13.7 Å². The molecular formula is CH9KNO10P3. The summed E-state index contributed by atoms with van der Waals surface area (Å²) in [5.41, 5.74) is 0.346. The second-order valence-electron chi connectivity index (χ2n) is 2.38. The van der Waals surface area contributed by atoms with E-state index >= 15 is 0 Å². The summed E-state index contributed by atoms with van der Waals surface area (Å²) in [4.78, 5) is 51.0. The first-order chi connectivity index (χ1) is 6.31. The van der Waals surface area contributed by atoms with Crippen LogP contribution in [0.25, 0.3) is 0 Å². The molecule has 0 heterocycles. The van der Waals surface area contributed by atoms with Crippen LogP contribution in [0.3, 0.4) is 0 Å². The van der Waals surface area contributed by atoms with Gasteiger partial charge in [-0.1, -0.05) is 0 Å². The molecule has 0 saturated carbocycles. The summed E-state index contributed by atoms with van der Waals surface area (Å²) in [6.07, 6.45) is 0. The number of hydrogen-bond acceptors (Lipinski definition) is 5. The van der Waals surface area contributed by atoms with E-state index in [1.54, 1.807) is 0 Å². The van der Waals surface area contributed by atoms with Crippen molar-refractivity contribution in [2.24, 2.45) is 0 Å². The fourth-order valence-electron chi connectivity index (χ4n) is 0.704. The zero-order valence-electron chi connectivity index (χ0n) is 6.70. The zero-order valence-corrected chi connectivity index (χ0v) is 9.38. The second kappa shape index (κ2) is 5.97. The van der Waals surface area contributed by atoms with Crippen LogP contribution >= 0.6 is 22.8 Å². The minimum absolute atomic E-state index is 0. The molecule has 0 aliphatic heterocycles. The van der Waals surface area contributed by atoms with Crippen LogP contribution in [-0.4, -0.2) is 90.7 Å². The topological polar surface area (TPSA) is 205 Å². The van der Waals surface area contributed by atoms with Gasteiger partial charge >= 0.3 is 78.9 Å². The van der Waals surface area contributed by atoms with Crippen molar-refractivity contribution in [1.82, 2.24) is 5.48 Å². The van der Waals surface area contributed by atoms with Gasteiger partial charge in [-0.05, 0) is 0 Å². The number of nitrogens with one attached hydrogen (secondary N) is 1. The molecule has 11 nitrogen and oxygen atoms in total. The number of hydroxylamine groups is 1. The van der Waals surface area contributed by atoms with E-state index in [2.05, 4.69) is 0 Å². The Morgan fingerprint density at radius 1 is 0.750 bits per heavy atom. The van der Waals surface area contributed by atoms with E-state index in [-0.39, 0.29) is 51.4 Å². The van der Waals surface area contributed by atoms with Crippen LogP contribution in [0.1, 0.15) is 0 Å². The average Bonchev–Trinajstić information content (AvgIpc) is 1.76. The van der Waals surface area contributed by atoms with Gasteiger partial charge in [-0.2, -0.15) is 5.48 Å². The van der Waals surface area contributed by atoms with E-state index in [1.807, 2.05) is 0 Å². The van der Waals surface area contributed by atoms with Gasteiger partial charge in [0.25, 0.3) is 0 Å². The Morgan fingerprint density at radius 3 is 0.938 bits per heavy atom. The van der Waals surface area contributed by atoms with Crippen molar-refractivity contribution in [3.05, 3.63) is 0 Å². The fourth-order valence-corrected chi connectivity index (χ4v) is 5.17. The van der Waals surface area contributed by atoms with Gasteiger partial charge in [0.15, 0.2) is 0 Å². The summed E-state index contributed by atoms with van der Waals surface area (Å²) in [6.45, 7) is 0. The van der Waals surface area contributed by atoms with Crippen molar-refractivity contribution in [2.45, 2.75) is 4.76 Å². The standard InChI is InChI=1S/CH8NO10P3.K.H/c3-2-1(13(4,5)6,14(7,8)9)15(10,11)12;;/h2-3H,(H2,4,5,6)(H2,7,8,9)(H2,10,11,12);;. The monoisotopic (exact) mass is 327 g/mol. The van der Waals surface area contributed by atoms with Crippen molar-refractivity contribution >= 4 is 74.2 Å². The van der Waals surface area contributed by atoms with Crippen LogP contribution in [0.4, 0.5) is 0 Å². The normalized spacial score (nSPS) is 14.4. The summed E-state index contributed by atoms with van der Waals surface area (Å²) in [6, 6.07) is 0. The van der Waals surface area contributed by atoms with Crippen molar-refractivity contribution in [3.8, 4) is 0 Å². The van der Waals surface area contributed by atoms with Gasteiger partial charge in [-0.25, -0.2) is 0 Å². The molecule has 0 aliphatic carbocycles. The third-order valence-corrected chi connectivity index (χ3v) is 8.80. The Balaban J connectivity index is 0. The Hall–Kier alpha value is 2.01. The van der Waals surface area contributed by atoms with Gasteiger partial charge in [0, 0.05) is 0 Å². The van der Waals surface area contributed by atoms with Crippen LogP contribution < -0.4 is 5.48 Å². The molecule has 0 radical (unpaired) electrons. The first kappa shape index (κ1) is 20.3. The fraction of sp³-hybridized carbons (Fsp3) is 1.00. The quantitative estimate of drug-likeness (QED) is 0.153. The summed E-state index contributed by atoms with van der Waals surface area (Å²) < 4.78 is 27.7. The molecule has 0 atom stereocenters. The number of hydrogen-bond donors (Lipinski definition) is 8. The maximum absolute atomic E-state index is 10.7. The van der Waals surface area contributed by atoms with Crippen LogP contribution in [0.5, 0.6) is 0 Å². The van der Waals surface area contributed by atoms with E-state index in [4.69, 9.17) is 34.6 Å². The molecule has 16 heavy (non-hydrogen) atoms. The van der Waals surface area contributed by atoms with Gasteiger partial charge in [-0.3, -0.25) is 13.7 Å². The van der Waals surface area contributed by atoms with E-state index in [1.165, 1.54) is 0 Å². The molecule has 0 amide bonds. The van der Waals surface area contributed by atoms with Crippen LogP contribution in [0.2, 0.25) is 0 Å². The molecule has 8 N–H and O–H groups in total. The van der Waals surface area contributed by atoms with Crippen LogP contribution in [0, 0.1) is 0 Å². The Kier molecular flexibility index (Phi) is 7.59. The average molecular weight is 327 g/mol. The van der Waals surface area contributed by atoms with Gasteiger partial charge in [0.1, 0.15) is 0 Å². The van der Waals surface area contributed by atoms with E-state index in [0.29, 0.717) is 5.48 Å². The zero-order chi connectivity index (χ0) is 12.7. The Bertz CT molecular complexity index is 318. The molecule has 0 fully saturated rings. The molecule has 0 aromatic rings. The first-order valence-corrected chi connectivity index (χ1v) is 7.73. The molecule has 0 aromatic carbocycles. The van der Waals surface area contributed by atoms with Crippen molar-refractivity contribution in [3.63, 3.8) is 0 Å². The van der Waals surface area contributed by atoms with E-state index < -0.39 is 27.5 Å².